The van der Waals surface area contributed by atoms with Gasteiger partial charge in [-0.05, 0) is 41.7 Å². The van der Waals surface area contributed by atoms with Gasteiger partial charge in [0.1, 0.15) is 6.04 Å². The molecule has 1 aliphatic carbocycles. The quantitative estimate of drug-likeness (QED) is 0.379. The number of nitrogens with one attached hydrogen (secondary N) is 1. The van der Waals surface area contributed by atoms with Crippen molar-refractivity contribution < 1.29 is 23.9 Å². The van der Waals surface area contributed by atoms with Gasteiger partial charge in [-0.2, -0.15) is 4.98 Å². The number of hydrogen-bond donors (Lipinski definition) is 1. The predicted molar refractivity (Wildman–Crippen MR) is 135 cm³/mol. The minimum Gasteiger partial charge on any atom is -0.493 e. The van der Waals surface area contributed by atoms with E-state index in [9.17, 15) is 14.9 Å². The van der Waals surface area contributed by atoms with Crippen LogP contribution in [0.15, 0.2) is 47.7 Å². The first kappa shape index (κ1) is 24.3. The van der Waals surface area contributed by atoms with Crippen molar-refractivity contribution in [2.45, 2.75) is 32.7 Å². The third kappa shape index (κ3) is 4.15. The van der Waals surface area contributed by atoms with Crippen LogP contribution in [0.5, 0.6) is 17.2 Å². The number of rotatable bonds is 6. The summed E-state index contributed by atoms with van der Waals surface area (Å²) in [6.07, 6.45) is 1.05. The number of anilines is 1. The molecule has 1 atom stereocenters. The number of carbonyl (C=O) groups is 1. The van der Waals surface area contributed by atoms with Crippen molar-refractivity contribution in [1.82, 2.24) is 14.8 Å². The Morgan fingerprint density at radius 2 is 1.70 bits per heavy atom. The maximum Gasteiger partial charge on any atom is 0.269 e. The standard InChI is InChI=1S/C26H27N5O6/c1-26(2)12-17-21(18(32)13-26)22(14-6-8-16(9-7-14)31(33)34)30-25(27-17)28-24(29-30)15-10-19(35-3)23(37-5)20(11-15)36-4/h6-11,22H,12-13H2,1-5H3,(H,27,28,29). The monoisotopic (exact) mass is 505 g/mol. The molecule has 1 N–H and O–H groups in total. The third-order valence-corrected chi connectivity index (χ3v) is 6.67. The maximum absolute atomic E-state index is 13.4. The summed E-state index contributed by atoms with van der Waals surface area (Å²) >= 11 is 0. The van der Waals surface area contributed by atoms with E-state index in [1.807, 2.05) is 0 Å². The Morgan fingerprint density at radius 1 is 1.05 bits per heavy atom. The Labute approximate surface area is 213 Å². The van der Waals surface area contributed by atoms with Crippen LogP contribution < -0.4 is 19.5 Å². The van der Waals surface area contributed by atoms with E-state index in [-0.39, 0.29) is 16.9 Å². The number of nitro groups is 1. The predicted octanol–water partition coefficient (Wildman–Crippen LogP) is 4.54. The Hall–Kier alpha value is -4.41. The van der Waals surface area contributed by atoms with Crippen LogP contribution in [0.2, 0.25) is 0 Å². The first-order valence-electron chi connectivity index (χ1n) is 11.7. The first-order valence-corrected chi connectivity index (χ1v) is 11.7. The van der Waals surface area contributed by atoms with Crippen LogP contribution in [-0.4, -0.2) is 46.8 Å². The number of benzene rings is 2. The van der Waals surface area contributed by atoms with Gasteiger partial charge in [0.15, 0.2) is 23.1 Å². The highest BCUT2D eigenvalue weighted by Crippen LogP contribution is 2.46. The number of Topliss-reactive ketones (excluding diaryl/α,β-unsaturated/α-hetero) is 1. The normalized spacial score (nSPS) is 18.0. The summed E-state index contributed by atoms with van der Waals surface area (Å²) in [5, 5.41) is 19.3. The van der Waals surface area contributed by atoms with Gasteiger partial charge in [-0.15, -0.1) is 5.10 Å². The highest BCUT2D eigenvalue weighted by atomic mass is 16.6. The fraction of sp³-hybridized carbons (Fsp3) is 0.346. The van der Waals surface area contributed by atoms with Gasteiger partial charge in [0, 0.05) is 35.4 Å². The molecule has 0 amide bonds. The molecule has 0 fully saturated rings. The number of fused-ring (bicyclic) bond motifs is 1. The summed E-state index contributed by atoms with van der Waals surface area (Å²) < 4.78 is 18.1. The Balaban J connectivity index is 1.67. The van der Waals surface area contributed by atoms with Gasteiger partial charge in [-0.1, -0.05) is 13.8 Å². The fourth-order valence-corrected chi connectivity index (χ4v) is 5.03. The molecule has 0 bridgehead atoms. The first-order chi connectivity index (χ1) is 17.7. The molecule has 0 spiro atoms. The van der Waals surface area contributed by atoms with Crippen molar-refractivity contribution in [1.29, 1.82) is 0 Å². The number of nitro benzene ring substituents is 1. The smallest absolute Gasteiger partial charge is 0.269 e. The fourth-order valence-electron chi connectivity index (χ4n) is 5.03. The van der Waals surface area contributed by atoms with Crippen LogP contribution in [0.4, 0.5) is 11.6 Å². The summed E-state index contributed by atoms with van der Waals surface area (Å²) in [4.78, 5) is 28.9. The van der Waals surface area contributed by atoms with Gasteiger partial charge in [-0.3, -0.25) is 14.9 Å². The van der Waals surface area contributed by atoms with Crippen LogP contribution in [0.1, 0.15) is 38.3 Å². The van der Waals surface area contributed by atoms with Crippen LogP contribution in [0.25, 0.3) is 11.4 Å². The summed E-state index contributed by atoms with van der Waals surface area (Å²) in [7, 11) is 4.59. The zero-order chi connectivity index (χ0) is 26.5. The number of nitrogens with zero attached hydrogens (tertiary/aromatic N) is 4. The van der Waals surface area contributed by atoms with E-state index in [1.54, 1.807) is 28.9 Å². The molecule has 2 aromatic carbocycles. The van der Waals surface area contributed by atoms with E-state index < -0.39 is 11.0 Å². The molecule has 0 saturated carbocycles. The van der Waals surface area contributed by atoms with Crippen molar-refractivity contribution in [2.75, 3.05) is 26.6 Å². The Kier molecular flexibility index (Phi) is 5.85. The Bertz CT molecular complexity index is 1420. The number of allylic oxidation sites excluding steroid dienone is 2. The van der Waals surface area contributed by atoms with E-state index in [0.29, 0.717) is 58.6 Å². The topological polar surface area (TPSA) is 131 Å². The molecule has 0 radical (unpaired) electrons. The van der Waals surface area contributed by atoms with Crippen molar-refractivity contribution >= 4 is 17.4 Å². The largest absolute Gasteiger partial charge is 0.493 e. The molecule has 192 valence electrons. The molecule has 2 heterocycles. The highest BCUT2D eigenvalue weighted by Gasteiger charge is 2.42. The minimum atomic E-state index is -0.584. The summed E-state index contributed by atoms with van der Waals surface area (Å²) in [6, 6.07) is 9.12. The second kappa shape index (κ2) is 8.91. The lowest BCUT2D eigenvalue weighted by Gasteiger charge is -2.38. The van der Waals surface area contributed by atoms with Gasteiger partial charge in [0.05, 0.1) is 26.3 Å². The third-order valence-electron chi connectivity index (χ3n) is 6.67. The maximum atomic E-state index is 13.4. The van der Waals surface area contributed by atoms with E-state index in [2.05, 4.69) is 19.2 Å². The summed E-state index contributed by atoms with van der Waals surface area (Å²) in [5.41, 5.74) is 2.48. The number of methoxy groups -OCH3 is 3. The molecule has 0 saturated heterocycles. The number of non-ortho nitro benzene ring substituents is 1. The average molecular weight is 506 g/mol. The average Bonchev–Trinajstić information content (AvgIpc) is 3.29. The molecule has 1 unspecified atom stereocenters. The zero-order valence-electron chi connectivity index (χ0n) is 21.2. The molecule has 3 aromatic rings. The van der Waals surface area contributed by atoms with Gasteiger partial charge < -0.3 is 19.5 Å². The molecule has 11 heteroatoms. The molecular weight excluding hydrogens is 478 g/mol. The molecule has 1 aromatic heterocycles. The van der Waals surface area contributed by atoms with Crippen LogP contribution >= 0.6 is 0 Å². The van der Waals surface area contributed by atoms with E-state index in [0.717, 1.165) is 5.70 Å². The van der Waals surface area contributed by atoms with Gasteiger partial charge >= 0.3 is 0 Å². The van der Waals surface area contributed by atoms with Gasteiger partial charge in [-0.25, -0.2) is 4.68 Å². The van der Waals surface area contributed by atoms with Crippen molar-refractivity contribution in [3.63, 3.8) is 0 Å². The summed E-state index contributed by atoms with van der Waals surface area (Å²) in [5.74, 6) is 2.23. The second-order valence-corrected chi connectivity index (χ2v) is 9.83. The second-order valence-electron chi connectivity index (χ2n) is 9.83. The number of hydrogen-bond acceptors (Lipinski definition) is 9. The lowest BCUT2D eigenvalue weighted by Crippen LogP contribution is -2.36. The highest BCUT2D eigenvalue weighted by molar-refractivity contribution is 6.00. The lowest BCUT2D eigenvalue weighted by molar-refractivity contribution is -0.384. The number of aromatic nitrogens is 3. The van der Waals surface area contributed by atoms with Gasteiger partial charge in [0.25, 0.3) is 5.69 Å². The number of ketones is 1. The molecule has 1 aliphatic heterocycles. The van der Waals surface area contributed by atoms with Gasteiger partial charge in [0.2, 0.25) is 11.7 Å². The number of ether oxygens (including phenoxy) is 3. The minimum absolute atomic E-state index is 0.0117. The van der Waals surface area contributed by atoms with Crippen molar-refractivity contribution in [2.24, 2.45) is 5.41 Å². The zero-order valence-corrected chi connectivity index (χ0v) is 21.2. The SMILES string of the molecule is COc1cc(-c2nc3n(n2)C(c2ccc([N+](=O)[O-])cc2)C2=C(CC(C)(C)CC2=O)N3)cc(OC)c1OC. The lowest BCUT2D eigenvalue weighted by atomic mass is 9.73. The van der Waals surface area contributed by atoms with E-state index in [1.165, 1.54) is 33.5 Å². The van der Waals surface area contributed by atoms with E-state index in [4.69, 9.17) is 24.3 Å². The van der Waals surface area contributed by atoms with E-state index >= 15 is 0 Å². The van der Waals surface area contributed by atoms with Crippen molar-refractivity contribution in [3.05, 3.63) is 63.3 Å². The molecule has 37 heavy (non-hydrogen) atoms. The van der Waals surface area contributed by atoms with Crippen LogP contribution in [0.3, 0.4) is 0 Å². The van der Waals surface area contributed by atoms with Crippen LogP contribution in [-0.2, 0) is 4.79 Å². The molecule has 5 rings (SSSR count). The summed E-state index contributed by atoms with van der Waals surface area (Å²) in [6.45, 7) is 4.11. The number of carbonyl (C=O) groups excluding carboxylic acids is 1. The van der Waals surface area contributed by atoms with Crippen molar-refractivity contribution in [3.8, 4) is 28.6 Å². The molecule has 2 aliphatic rings. The van der Waals surface area contributed by atoms with Crippen LogP contribution in [0, 0.1) is 15.5 Å². The Morgan fingerprint density at radius 3 is 2.27 bits per heavy atom. The molecule has 11 nitrogen and oxygen atoms in total. The molecular formula is C26H27N5O6.